The Morgan fingerprint density at radius 2 is 1.57 bits per heavy atom. The van der Waals surface area contributed by atoms with E-state index in [2.05, 4.69) is 10.6 Å². The largest absolute Gasteiger partial charge is 0.444 e. The molecule has 0 radical (unpaired) electrons. The lowest BCUT2D eigenvalue weighted by Crippen LogP contribution is -2.57. The molecule has 7 nitrogen and oxygen atoms in total. The molecule has 0 saturated heterocycles. The van der Waals surface area contributed by atoms with E-state index < -0.39 is 23.8 Å². The molecule has 0 aliphatic heterocycles. The Morgan fingerprint density at radius 1 is 0.950 bits per heavy atom. The predicted molar refractivity (Wildman–Crippen MR) is 160 cm³/mol. The van der Waals surface area contributed by atoms with E-state index in [4.69, 9.17) is 4.74 Å². The van der Waals surface area contributed by atoms with Crippen LogP contribution in [0.5, 0.6) is 0 Å². The van der Waals surface area contributed by atoms with Crippen LogP contribution in [-0.4, -0.2) is 40.5 Å². The number of para-hydroxylation sites is 1. The number of alkyl carbamates (subject to hydrolysis) is 1. The molecular formula is C33H47N3O4. The van der Waals surface area contributed by atoms with Gasteiger partial charge in [-0.05, 0) is 108 Å². The number of amides is 3. The van der Waals surface area contributed by atoms with Crippen LogP contribution < -0.4 is 10.6 Å². The highest BCUT2D eigenvalue weighted by atomic mass is 16.6. The van der Waals surface area contributed by atoms with Gasteiger partial charge in [0.25, 0.3) is 5.91 Å². The number of ether oxygens (including phenoxy) is 1. The summed E-state index contributed by atoms with van der Waals surface area (Å²) in [5.74, 6) is -0.388. The van der Waals surface area contributed by atoms with Gasteiger partial charge in [0.05, 0.1) is 0 Å². The molecule has 0 spiro atoms. The monoisotopic (exact) mass is 549 g/mol. The van der Waals surface area contributed by atoms with Gasteiger partial charge < -0.3 is 20.3 Å². The molecule has 0 bridgehead atoms. The third-order valence-electron chi connectivity index (χ3n) is 7.52. The Kier molecular flexibility index (Phi) is 10.0. The summed E-state index contributed by atoms with van der Waals surface area (Å²) in [4.78, 5) is 43.2. The highest BCUT2D eigenvalue weighted by Gasteiger charge is 2.42. The van der Waals surface area contributed by atoms with Gasteiger partial charge in [0.2, 0.25) is 5.91 Å². The number of benzene rings is 2. The van der Waals surface area contributed by atoms with Crippen LogP contribution in [0.15, 0.2) is 36.4 Å². The van der Waals surface area contributed by atoms with Crippen molar-refractivity contribution in [2.24, 2.45) is 5.92 Å². The first-order chi connectivity index (χ1) is 18.7. The van der Waals surface area contributed by atoms with Gasteiger partial charge in [-0.15, -0.1) is 0 Å². The number of nitrogens with zero attached hydrogens (tertiary/aromatic N) is 1. The second-order valence-corrected chi connectivity index (χ2v) is 12.7. The molecule has 2 N–H and O–H groups in total. The van der Waals surface area contributed by atoms with Gasteiger partial charge in [-0.2, -0.15) is 0 Å². The van der Waals surface area contributed by atoms with Gasteiger partial charge in [0, 0.05) is 11.7 Å². The van der Waals surface area contributed by atoms with E-state index in [9.17, 15) is 14.4 Å². The molecule has 2 atom stereocenters. The van der Waals surface area contributed by atoms with Gasteiger partial charge in [-0.25, -0.2) is 4.79 Å². The summed E-state index contributed by atoms with van der Waals surface area (Å²) < 4.78 is 5.51. The summed E-state index contributed by atoms with van der Waals surface area (Å²) >= 11 is 0. The highest BCUT2D eigenvalue weighted by molar-refractivity contribution is 6.00. The Balaban J connectivity index is 2.08. The predicted octanol–water partition coefficient (Wildman–Crippen LogP) is 6.92. The molecule has 40 heavy (non-hydrogen) atoms. The van der Waals surface area contributed by atoms with Crippen molar-refractivity contribution in [3.63, 3.8) is 0 Å². The molecule has 0 heterocycles. The first-order valence-electron chi connectivity index (χ1n) is 14.4. The molecule has 1 fully saturated rings. The van der Waals surface area contributed by atoms with E-state index in [1.54, 1.807) is 25.7 Å². The lowest BCUT2D eigenvalue weighted by Gasteiger charge is -2.44. The topological polar surface area (TPSA) is 87.7 Å². The molecule has 1 saturated carbocycles. The number of aryl methyl sites for hydroxylation is 4. The summed E-state index contributed by atoms with van der Waals surface area (Å²) in [6.45, 7) is 17.4. The maximum atomic E-state index is 14.4. The van der Waals surface area contributed by atoms with Crippen molar-refractivity contribution in [2.75, 3.05) is 5.32 Å². The minimum atomic E-state index is -0.855. The SMILES string of the molecule is Cc1ccc(C(C(=O)Nc2c(C)cccc2C)N(C(=O)C(CC(C)C)NC(=O)OC(C)(C)C)C2CCC2)cc1C. The van der Waals surface area contributed by atoms with Gasteiger partial charge in [0.1, 0.15) is 17.7 Å². The normalized spacial score (nSPS) is 15.2. The molecule has 218 valence electrons. The number of carbonyl (C=O) groups is 3. The van der Waals surface area contributed by atoms with Crippen molar-refractivity contribution >= 4 is 23.6 Å². The molecular weight excluding hydrogens is 502 g/mol. The first kappa shape index (κ1) is 31.2. The van der Waals surface area contributed by atoms with Crippen LogP contribution in [0, 0.1) is 33.6 Å². The molecule has 2 aromatic carbocycles. The van der Waals surface area contributed by atoms with Crippen molar-refractivity contribution in [2.45, 2.75) is 112 Å². The fourth-order valence-corrected chi connectivity index (χ4v) is 5.08. The second kappa shape index (κ2) is 12.9. The summed E-state index contributed by atoms with van der Waals surface area (Å²) in [6, 6.07) is 10.1. The quantitative estimate of drug-likeness (QED) is 0.355. The van der Waals surface area contributed by atoms with E-state index in [1.165, 1.54) is 0 Å². The lowest BCUT2D eigenvalue weighted by molar-refractivity contribution is -0.146. The highest BCUT2D eigenvalue weighted by Crippen LogP contribution is 2.36. The number of carbonyl (C=O) groups excluding carboxylic acids is 3. The van der Waals surface area contributed by atoms with Crippen LogP contribution in [0.2, 0.25) is 0 Å². The van der Waals surface area contributed by atoms with Crippen LogP contribution in [0.1, 0.15) is 94.2 Å². The standard InChI is InChI=1S/C33H47N3O4/c1-20(2)18-27(34-32(39)40-33(7,8)9)31(38)36(26-14-11-15-26)29(25-17-16-21(3)24(6)19-25)30(37)35-28-22(4)12-10-13-23(28)5/h10,12-13,16-17,19-20,26-27,29H,11,14-15,18H2,1-9H3,(H,34,39)(H,35,37). The van der Waals surface area contributed by atoms with Crippen molar-refractivity contribution in [1.82, 2.24) is 10.2 Å². The van der Waals surface area contributed by atoms with Crippen molar-refractivity contribution in [3.8, 4) is 0 Å². The molecule has 3 amide bonds. The smallest absolute Gasteiger partial charge is 0.408 e. The lowest BCUT2D eigenvalue weighted by atomic mass is 9.87. The Morgan fingerprint density at radius 3 is 2.08 bits per heavy atom. The Hall–Kier alpha value is -3.35. The summed E-state index contributed by atoms with van der Waals surface area (Å²) in [7, 11) is 0. The summed E-state index contributed by atoms with van der Waals surface area (Å²) in [6.07, 6.45) is 2.40. The zero-order chi connectivity index (χ0) is 29.8. The van der Waals surface area contributed by atoms with Crippen LogP contribution in [0.4, 0.5) is 10.5 Å². The minimum absolute atomic E-state index is 0.0991. The number of anilines is 1. The fourth-order valence-electron chi connectivity index (χ4n) is 5.08. The number of hydrogen-bond donors (Lipinski definition) is 2. The molecule has 3 rings (SSSR count). The average molecular weight is 550 g/mol. The molecule has 2 aromatic rings. The van der Waals surface area contributed by atoms with Gasteiger partial charge in [0.15, 0.2) is 0 Å². The maximum absolute atomic E-state index is 14.4. The Bertz CT molecular complexity index is 1210. The van der Waals surface area contributed by atoms with Crippen LogP contribution in [0.3, 0.4) is 0 Å². The van der Waals surface area contributed by atoms with E-state index >= 15 is 0 Å². The zero-order valence-corrected chi connectivity index (χ0v) is 25.7. The maximum Gasteiger partial charge on any atom is 0.408 e. The van der Waals surface area contributed by atoms with Crippen molar-refractivity contribution in [3.05, 3.63) is 64.2 Å². The fraction of sp³-hybridized carbons (Fsp3) is 0.545. The third kappa shape index (κ3) is 7.86. The van der Waals surface area contributed by atoms with Crippen molar-refractivity contribution < 1.29 is 19.1 Å². The molecule has 1 aliphatic carbocycles. The second-order valence-electron chi connectivity index (χ2n) is 12.7. The number of nitrogens with one attached hydrogen (secondary N) is 2. The molecule has 1 aliphatic rings. The van der Waals surface area contributed by atoms with E-state index in [1.807, 2.05) is 77.9 Å². The number of hydrogen-bond acceptors (Lipinski definition) is 4. The number of rotatable bonds is 9. The summed E-state index contributed by atoms with van der Waals surface area (Å²) in [5.41, 5.74) is 4.89. The van der Waals surface area contributed by atoms with Gasteiger partial charge in [-0.1, -0.05) is 50.2 Å². The van der Waals surface area contributed by atoms with Crippen LogP contribution in [-0.2, 0) is 14.3 Å². The van der Waals surface area contributed by atoms with E-state index in [0.717, 1.165) is 52.8 Å². The van der Waals surface area contributed by atoms with E-state index in [-0.39, 0.29) is 23.8 Å². The molecule has 7 heteroatoms. The zero-order valence-electron chi connectivity index (χ0n) is 25.7. The van der Waals surface area contributed by atoms with Gasteiger partial charge in [-0.3, -0.25) is 9.59 Å². The van der Waals surface area contributed by atoms with Crippen molar-refractivity contribution in [1.29, 1.82) is 0 Å². The Labute approximate surface area is 240 Å². The molecule has 0 aromatic heterocycles. The third-order valence-corrected chi connectivity index (χ3v) is 7.52. The first-order valence-corrected chi connectivity index (χ1v) is 14.4. The van der Waals surface area contributed by atoms with E-state index in [0.29, 0.717) is 6.42 Å². The van der Waals surface area contributed by atoms with Gasteiger partial charge >= 0.3 is 6.09 Å². The molecule has 2 unspecified atom stereocenters. The van der Waals surface area contributed by atoms with Crippen LogP contribution in [0.25, 0.3) is 0 Å². The van der Waals surface area contributed by atoms with Crippen LogP contribution >= 0.6 is 0 Å². The average Bonchev–Trinajstić information content (AvgIpc) is 2.79. The summed E-state index contributed by atoms with van der Waals surface area (Å²) in [5, 5.41) is 5.99. The minimum Gasteiger partial charge on any atom is -0.444 e.